The van der Waals surface area contributed by atoms with Gasteiger partial charge in [0.05, 0.1) is 39.2 Å². The summed E-state index contributed by atoms with van der Waals surface area (Å²) >= 11 is 4.63. The van der Waals surface area contributed by atoms with Crippen LogP contribution in [0.2, 0.25) is 0 Å². The third kappa shape index (κ3) is 3.15. The van der Waals surface area contributed by atoms with Crippen LogP contribution in [0.3, 0.4) is 0 Å². The van der Waals surface area contributed by atoms with E-state index in [2.05, 4.69) is 65.7 Å². The SMILES string of the molecule is COc1ccc2c(c1)c(CCNC(C)=O)c(I)n2I. The van der Waals surface area contributed by atoms with Crippen molar-refractivity contribution in [3.8, 4) is 5.75 Å². The largest absolute Gasteiger partial charge is 0.497 e. The Balaban J connectivity index is 2.40. The van der Waals surface area contributed by atoms with E-state index in [9.17, 15) is 4.79 Å². The normalized spacial score (nSPS) is 10.7. The van der Waals surface area contributed by atoms with Gasteiger partial charge in [-0.2, -0.15) is 0 Å². The van der Waals surface area contributed by atoms with E-state index in [1.807, 2.05) is 6.07 Å². The molecule has 1 aromatic heterocycles. The minimum atomic E-state index is 0.00537. The van der Waals surface area contributed by atoms with Gasteiger partial charge >= 0.3 is 0 Å². The first kappa shape index (κ1) is 14.9. The van der Waals surface area contributed by atoms with Crippen molar-refractivity contribution in [2.24, 2.45) is 0 Å². The molecule has 0 unspecified atom stereocenters. The lowest BCUT2D eigenvalue weighted by Gasteiger charge is -2.03. The van der Waals surface area contributed by atoms with E-state index in [4.69, 9.17) is 4.74 Å². The number of nitrogens with zero attached hydrogens (tertiary/aromatic N) is 1. The monoisotopic (exact) mass is 484 g/mol. The number of fused-ring (bicyclic) bond motifs is 1. The minimum absolute atomic E-state index is 0.00537. The van der Waals surface area contributed by atoms with Crippen molar-refractivity contribution in [2.75, 3.05) is 13.7 Å². The number of amides is 1. The first-order valence-electron chi connectivity index (χ1n) is 5.82. The van der Waals surface area contributed by atoms with Crippen LogP contribution in [0, 0.1) is 3.70 Å². The Morgan fingerprint density at radius 2 is 2.21 bits per heavy atom. The highest BCUT2D eigenvalue weighted by atomic mass is 127. The molecule has 0 aliphatic rings. The molecule has 0 fully saturated rings. The van der Waals surface area contributed by atoms with Crippen molar-refractivity contribution >= 4 is 62.3 Å². The fourth-order valence-electron chi connectivity index (χ4n) is 1.99. The molecule has 4 nitrogen and oxygen atoms in total. The molecule has 1 N–H and O–H groups in total. The van der Waals surface area contributed by atoms with Gasteiger partial charge in [0.1, 0.15) is 5.75 Å². The Labute approximate surface area is 139 Å². The van der Waals surface area contributed by atoms with Crippen molar-refractivity contribution in [1.29, 1.82) is 0 Å². The highest BCUT2D eigenvalue weighted by molar-refractivity contribution is 14.1. The number of aromatic nitrogens is 1. The molecule has 19 heavy (non-hydrogen) atoms. The fourth-order valence-corrected chi connectivity index (χ4v) is 3.52. The van der Waals surface area contributed by atoms with Crippen molar-refractivity contribution in [3.63, 3.8) is 0 Å². The average Bonchev–Trinajstić information content (AvgIpc) is 2.63. The van der Waals surface area contributed by atoms with Crippen LogP contribution >= 0.6 is 45.5 Å². The van der Waals surface area contributed by atoms with Crippen molar-refractivity contribution < 1.29 is 9.53 Å². The Morgan fingerprint density at radius 1 is 1.47 bits per heavy atom. The summed E-state index contributed by atoms with van der Waals surface area (Å²) in [4.78, 5) is 10.9. The number of ether oxygens (including phenoxy) is 1. The van der Waals surface area contributed by atoms with Crippen LogP contribution in [-0.2, 0) is 11.2 Å². The zero-order chi connectivity index (χ0) is 14.0. The molecule has 1 amide bonds. The molecule has 102 valence electrons. The first-order valence-corrected chi connectivity index (χ1v) is 7.86. The van der Waals surface area contributed by atoms with Gasteiger partial charge in [0.2, 0.25) is 5.91 Å². The zero-order valence-corrected chi connectivity index (χ0v) is 15.0. The predicted octanol–water partition coefficient (Wildman–Crippen LogP) is 3.13. The van der Waals surface area contributed by atoms with Crippen LogP contribution in [0.25, 0.3) is 10.9 Å². The molecule has 1 aromatic carbocycles. The molecule has 6 heteroatoms. The quantitative estimate of drug-likeness (QED) is 0.679. The molecule has 0 saturated carbocycles. The maximum absolute atomic E-state index is 10.9. The number of benzene rings is 1. The molecular weight excluding hydrogens is 470 g/mol. The van der Waals surface area contributed by atoms with E-state index in [0.717, 1.165) is 12.2 Å². The molecule has 0 radical (unpaired) electrons. The van der Waals surface area contributed by atoms with Gasteiger partial charge in [-0.25, -0.2) is 0 Å². The highest BCUT2D eigenvalue weighted by Crippen LogP contribution is 2.32. The summed E-state index contributed by atoms with van der Waals surface area (Å²) in [7, 11) is 1.67. The summed E-state index contributed by atoms with van der Waals surface area (Å²) in [6.07, 6.45) is 0.817. The van der Waals surface area contributed by atoms with Gasteiger partial charge < -0.3 is 10.1 Å². The summed E-state index contributed by atoms with van der Waals surface area (Å²) < 4.78 is 8.61. The van der Waals surface area contributed by atoms with Crippen LogP contribution in [0.1, 0.15) is 12.5 Å². The maximum atomic E-state index is 10.9. The minimum Gasteiger partial charge on any atom is -0.497 e. The number of carbonyl (C=O) groups excluding carboxylic acids is 1. The molecule has 0 spiro atoms. The molecule has 2 rings (SSSR count). The number of nitrogens with one attached hydrogen (secondary N) is 1. The molecular formula is C13H14I2N2O2. The van der Waals surface area contributed by atoms with E-state index in [-0.39, 0.29) is 5.91 Å². The molecule has 0 bridgehead atoms. The topological polar surface area (TPSA) is 43.3 Å². The molecule has 1 heterocycles. The third-order valence-electron chi connectivity index (χ3n) is 2.91. The molecule has 2 aromatic rings. The number of hydrogen-bond donors (Lipinski definition) is 1. The van der Waals surface area contributed by atoms with Gasteiger partial charge in [-0.05, 0) is 52.8 Å². The Kier molecular flexibility index (Phi) is 4.93. The summed E-state index contributed by atoms with van der Waals surface area (Å²) in [6.45, 7) is 2.19. The van der Waals surface area contributed by atoms with Gasteiger partial charge in [-0.1, -0.05) is 0 Å². The van der Waals surface area contributed by atoms with E-state index >= 15 is 0 Å². The first-order chi connectivity index (χ1) is 9.04. The number of rotatable bonds is 4. The number of halogens is 2. The zero-order valence-electron chi connectivity index (χ0n) is 10.7. The van der Waals surface area contributed by atoms with Crippen LogP contribution in [0.15, 0.2) is 18.2 Å². The van der Waals surface area contributed by atoms with Crippen molar-refractivity contribution in [3.05, 3.63) is 27.5 Å². The van der Waals surface area contributed by atoms with Gasteiger partial charge in [0.15, 0.2) is 0 Å². The van der Waals surface area contributed by atoms with Gasteiger partial charge in [-0.15, -0.1) is 0 Å². The van der Waals surface area contributed by atoms with E-state index in [1.54, 1.807) is 7.11 Å². The lowest BCUT2D eigenvalue weighted by Crippen LogP contribution is -2.22. The van der Waals surface area contributed by atoms with Crippen LogP contribution < -0.4 is 10.1 Å². The second-order valence-electron chi connectivity index (χ2n) is 4.17. The van der Waals surface area contributed by atoms with E-state index < -0.39 is 0 Å². The summed E-state index contributed by atoms with van der Waals surface area (Å²) in [5.74, 6) is 0.859. The van der Waals surface area contributed by atoms with Crippen molar-refractivity contribution in [2.45, 2.75) is 13.3 Å². The number of hydrogen-bond acceptors (Lipinski definition) is 2. The summed E-state index contributed by atoms with van der Waals surface area (Å²) in [6, 6.07) is 6.08. The molecule has 0 saturated heterocycles. The second-order valence-corrected chi connectivity index (χ2v) is 6.15. The Hall–Kier alpha value is -0.510. The Morgan fingerprint density at radius 3 is 2.84 bits per heavy atom. The molecule has 0 aliphatic heterocycles. The summed E-state index contributed by atoms with van der Waals surface area (Å²) in [5, 5.41) is 4.02. The fraction of sp³-hybridized carbons (Fsp3) is 0.308. The highest BCUT2D eigenvalue weighted by Gasteiger charge is 2.14. The number of methoxy groups -OCH3 is 1. The standard InChI is InChI=1S/C13H14I2N2O2/c1-8(18)16-6-5-10-11-7-9(19-2)3-4-12(11)17(15)13(10)14/h3-4,7H,5-6H2,1-2H3,(H,16,18). The molecule has 0 aliphatic carbocycles. The van der Waals surface area contributed by atoms with E-state index in [1.165, 1.54) is 27.1 Å². The van der Waals surface area contributed by atoms with Gasteiger partial charge in [0, 0.05) is 18.9 Å². The lowest BCUT2D eigenvalue weighted by molar-refractivity contribution is -0.118. The van der Waals surface area contributed by atoms with Gasteiger partial charge in [0.25, 0.3) is 0 Å². The van der Waals surface area contributed by atoms with E-state index in [0.29, 0.717) is 6.54 Å². The average molecular weight is 484 g/mol. The Bertz CT molecular complexity index is 623. The third-order valence-corrected chi connectivity index (χ3v) is 5.97. The number of carbonyl (C=O) groups is 1. The van der Waals surface area contributed by atoms with Crippen LogP contribution in [0.4, 0.5) is 0 Å². The summed E-state index contributed by atoms with van der Waals surface area (Å²) in [5.41, 5.74) is 2.42. The van der Waals surface area contributed by atoms with Crippen molar-refractivity contribution in [1.82, 2.24) is 8.10 Å². The maximum Gasteiger partial charge on any atom is 0.216 e. The van der Waals surface area contributed by atoms with Crippen LogP contribution in [-0.4, -0.2) is 22.3 Å². The smallest absolute Gasteiger partial charge is 0.216 e. The predicted molar refractivity (Wildman–Crippen MR) is 93.0 cm³/mol. The second kappa shape index (κ2) is 6.29. The van der Waals surface area contributed by atoms with Crippen LogP contribution in [0.5, 0.6) is 5.75 Å². The molecule has 0 atom stereocenters. The van der Waals surface area contributed by atoms with Gasteiger partial charge in [-0.3, -0.25) is 7.58 Å². The lowest BCUT2D eigenvalue weighted by atomic mass is 10.1.